The number of ether oxygens (including phenoxy) is 1. The van der Waals surface area contributed by atoms with Crippen LogP contribution >= 0.6 is 11.3 Å². The van der Waals surface area contributed by atoms with Crippen molar-refractivity contribution >= 4 is 27.3 Å². The molecule has 1 aromatic heterocycles. The lowest BCUT2D eigenvalue weighted by molar-refractivity contribution is 0.0701. The monoisotopic (exact) mass is 321 g/mol. The first-order chi connectivity index (χ1) is 9.38. The van der Waals surface area contributed by atoms with Gasteiger partial charge in [-0.05, 0) is 37.8 Å². The van der Waals surface area contributed by atoms with Crippen molar-refractivity contribution in [3.05, 3.63) is 16.5 Å². The largest absolute Gasteiger partial charge is 0.477 e. The molecule has 0 saturated carbocycles. The van der Waals surface area contributed by atoms with Gasteiger partial charge in [-0.2, -0.15) is 0 Å². The van der Waals surface area contributed by atoms with Crippen LogP contribution in [0, 0.1) is 6.92 Å². The number of unbranched alkanes of at least 4 members (excludes halogenated alkanes) is 2. The number of aromatic carboxylic acids is 1. The van der Waals surface area contributed by atoms with E-state index in [-0.39, 0.29) is 9.09 Å². The Balaban J connectivity index is 2.56. The van der Waals surface area contributed by atoms with Gasteiger partial charge >= 0.3 is 5.97 Å². The Bertz CT molecular complexity index is 550. The van der Waals surface area contributed by atoms with Crippen LogP contribution in [0.3, 0.4) is 0 Å². The first kappa shape index (κ1) is 17.1. The molecule has 20 heavy (non-hydrogen) atoms. The third-order valence-electron chi connectivity index (χ3n) is 2.67. The van der Waals surface area contributed by atoms with Crippen LogP contribution in [0.4, 0.5) is 0 Å². The van der Waals surface area contributed by atoms with Crippen molar-refractivity contribution in [2.45, 2.75) is 30.4 Å². The zero-order valence-electron chi connectivity index (χ0n) is 11.5. The fourth-order valence-electron chi connectivity index (χ4n) is 1.62. The summed E-state index contributed by atoms with van der Waals surface area (Å²) in [6, 6.07) is 1.39. The molecule has 0 aliphatic rings. The zero-order valence-corrected chi connectivity index (χ0v) is 13.1. The van der Waals surface area contributed by atoms with Gasteiger partial charge in [-0.1, -0.05) is 0 Å². The van der Waals surface area contributed by atoms with Crippen molar-refractivity contribution in [3.8, 4) is 0 Å². The van der Waals surface area contributed by atoms with E-state index < -0.39 is 16.0 Å². The molecule has 0 aromatic carbocycles. The van der Waals surface area contributed by atoms with Gasteiger partial charge in [-0.3, -0.25) is 0 Å². The third kappa shape index (κ3) is 4.86. The number of carboxylic acids is 1. The van der Waals surface area contributed by atoms with Gasteiger partial charge in [0.15, 0.2) is 0 Å². The highest BCUT2D eigenvalue weighted by atomic mass is 32.2. The number of methoxy groups -OCH3 is 1. The molecule has 0 aliphatic carbocycles. The molecule has 6 nitrogen and oxygen atoms in total. The highest BCUT2D eigenvalue weighted by Crippen LogP contribution is 2.25. The maximum atomic E-state index is 12.0. The Hall–Kier alpha value is -0.960. The molecule has 0 unspecified atom stereocenters. The van der Waals surface area contributed by atoms with Gasteiger partial charge in [0.1, 0.15) is 9.09 Å². The zero-order chi connectivity index (χ0) is 15.2. The summed E-state index contributed by atoms with van der Waals surface area (Å²) in [5, 5.41) is 8.92. The Morgan fingerprint density at radius 3 is 2.65 bits per heavy atom. The molecule has 0 bridgehead atoms. The van der Waals surface area contributed by atoms with E-state index in [2.05, 4.69) is 4.72 Å². The Morgan fingerprint density at radius 2 is 2.10 bits per heavy atom. The fraction of sp³-hybridized carbons (Fsp3) is 0.583. The van der Waals surface area contributed by atoms with E-state index >= 15 is 0 Å². The minimum absolute atomic E-state index is 0.0456. The number of thiophene rings is 1. The minimum Gasteiger partial charge on any atom is -0.477 e. The molecule has 2 N–H and O–H groups in total. The lowest BCUT2D eigenvalue weighted by atomic mass is 10.2. The van der Waals surface area contributed by atoms with Crippen molar-refractivity contribution < 1.29 is 23.1 Å². The summed E-state index contributed by atoms with van der Waals surface area (Å²) in [5.74, 6) is -1.10. The van der Waals surface area contributed by atoms with E-state index in [9.17, 15) is 13.2 Å². The maximum absolute atomic E-state index is 12.0. The molecule has 0 aliphatic heterocycles. The molecule has 0 atom stereocenters. The Labute approximate surface area is 122 Å². The number of carboxylic acid groups (broad SMARTS) is 1. The number of nitrogens with one attached hydrogen (secondary N) is 1. The number of aryl methyl sites for hydroxylation is 1. The average molecular weight is 321 g/mol. The first-order valence-electron chi connectivity index (χ1n) is 6.21. The Kier molecular flexibility index (Phi) is 6.60. The van der Waals surface area contributed by atoms with E-state index in [1.807, 2.05) is 0 Å². The molecule has 0 fully saturated rings. The SMILES string of the molecule is COCCCCCNS(=O)(=O)c1cc(C)c(C(=O)O)s1. The van der Waals surface area contributed by atoms with Crippen molar-refractivity contribution in [1.82, 2.24) is 4.72 Å². The van der Waals surface area contributed by atoms with Crippen molar-refractivity contribution in [2.75, 3.05) is 20.3 Å². The summed E-state index contributed by atoms with van der Waals surface area (Å²) >= 11 is 0.776. The molecule has 1 rings (SSSR count). The molecule has 0 amide bonds. The van der Waals surface area contributed by atoms with Crippen LogP contribution in [0.15, 0.2) is 10.3 Å². The van der Waals surface area contributed by atoms with Gasteiger partial charge in [0.25, 0.3) is 0 Å². The predicted molar refractivity (Wildman–Crippen MR) is 76.9 cm³/mol. The molecule has 1 heterocycles. The van der Waals surface area contributed by atoms with Gasteiger partial charge in [0.2, 0.25) is 10.0 Å². The quantitative estimate of drug-likeness (QED) is 0.677. The molecule has 0 radical (unpaired) electrons. The van der Waals surface area contributed by atoms with E-state index in [1.165, 1.54) is 6.07 Å². The van der Waals surface area contributed by atoms with Crippen LogP contribution in [0.25, 0.3) is 0 Å². The van der Waals surface area contributed by atoms with Gasteiger partial charge < -0.3 is 9.84 Å². The molecule has 0 saturated heterocycles. The van der Waals surface area contributed by atoms with Crippen molar-refractivity contribution in [1.29, 1.82) is 0 Å². The molecule has 8 heteroatoms. The molecule has 0 spiro atoms. The molecular weight excluding hydrogens is 302 g/mol. The van der Waals surface area contributed by atoms with E-state index in [4.69, 9.17) is 9.84 Å². The standard InChI is InChI=1S/C12H19NO5S2/c1-9-8-10(19-11(9)12(14)15)20(16,17)13-6-4-3-5-7-18-2/h8,13H,3-7H2,1-2H3,(H,14,15). The van der Waals surface area contributed by atoms with Crippen molar-refractivity contribution in [3.63, 3.8) is 0 Å². The summed E-state index contributed by atoms with van der Waals surface area (Å²) in [6.45, 7) is 2.59. The second-order valence-electron chi connectivity index (χ2n) is 4.33. The Morgan fingerprint density at radius 1 is 1.40 bits per heavy atom. The maximum Gasteiger partial charge on any atom is 0.346 e. The highest BCUT2D eigenvalue weighted by molar-refractivity contribution is 7.91. The fourth-order valence-corrected chi connectivity index (χ4v) is 4.12. The second-order valence-corrected chi connectivity index (χ2v) is 7.38. The smallest absolute Gasteiger partial charge is 0.346 e. The number of sulfonamides is 1. The van der Waals surface area contributed by atoms with Gasteiger partial charge in [0.05, 0.1) is 0 Å². The van der Waals surface area contributed by atoms with Crippen LogP contribution in [-0.4, -0.2) is 39.8 Å². The van der Waals surface area contributed by atoms with Crippen molar-refractivity contribution in [2.24, 2.45) is 0 Å². The van der Waals surface area contributed by atoms with E-state index in [0.29, 0.717) is 18.7 Å². The van der Waals surface area contributed by atoms with Gasteiger partial charge in [0, 0.05) is 20.3 Å². The summed E-state index contributed by atoms with van der Waals surface area (Å²) < 4.78 is 31.4. The number of carbonyl (C=O) groups is 1. The van der Waals surface area contributed by atoms with Crippen LogP contribution in [-0.2, 0) is 14.8 Å². The van der Waals surface area contributed by atoms with E-state index in [1.54, 1.807) is 14.0 Å². The summed E-state index contributed by atoms with van der Waals surface area (Å²) in [5.41, 5.74) is 0.461. The predicted octanol–water partition coefficient (Wildman–Crippen LogP) is 1.85. The lowest BCUT2D eigenvalue weighted by Gasteiger charge is -2.04. The van der Waals surface area contributed by atoms with Crippen LogP contribution < -0.4 is 4.72 Å². The normalized spacial score (nSPS) is 11.7. The van der Waals surface area contributed by atoms with Crippen LogP contribution in [0.5, 0.6) is 0 Å². The lowest BCUT2D eigenvalue weighted by Crippen LogP contribution is -2.24. The van der Waals surface area contributed by atoms with Gasteiger partial charge in [-0.25, -0.2) is 17.9 Å². The summed E-state index contributed by atoms with van der Waals surface area (Å²) in [4.78, 5) is 11.0. The van der Waals surface area contributed by atoms with Gasteiger partial charge in [-0.15, -0.1) is 11.3 Å². The topological polar surface area (TPSA) is 92.7 Å². The number of hydrogen-bond acceptors (Lipinski definition) is 5. The van der Waals surface area contributed by atoms with Crippen LogP contribution in [0.1, 0.15) is 34.5 Å². The average Bonchev–Trinajstić information content (AvgIpc) is 2.76. The minimum atomic E-state index is -3.61. The third-order valence-corrected chi connectivity index (χ3v) is 5.83. The highest BCUT2D eigenvalue weighted by Gasteiger charge is 2.21. The van der Waals surface area contributed by atoms with Crippen LogP contribution in [0.2, 0.25) is 0 Å². The number of rotatable bonds is 9. The van der Waals surface area contributed by atoms with E-state index in [0.717, 1.165) is 30.6 Å². The molecule has 1 aromatic rings. The second kappa shape index (κ2) is 7.72. The summed E-state index contributed by atoms with van der Waals surface area (Å²) in [6.07, 6.45) is 2.48. The summed E-state index contributed by atoms with van der Waals surface area (Å²) in [7, 11) is -1.99. The first-order valence-corrected chi connectivity index (χ1v) is 8.51. The molecule has 114 valence electrons. The molecular formula is C12H19NO5S2. The number of hydrogen-bond donors (Lipinski definition) is 2.